The SMILES string of the molecule is COC(=O)c1cc([Si](C)(C)C)n(C)c1-c1ccccc1. The van der Waals surface area contributed by atoms with Crippen LogP contribution in [-0.2, 0) is 11.8 Å². The van der Waals surface area contributed by atoms with Crippen LogP contribution in [0.1, 0.15) is 10.4 Å². The molecule has 1 heterocycles. The fraction of sp³-hybridized carbons (Fsp3) is 0.312. The van der Waals surface area contributed by atoms with Crippen LogP contribution in [0.25, 0.3) is 11.3 Å². The van der Waals surface area contributed by atoms with Crippen LogP contribution in [-0.4, -0.2) is 25.7 Å². The molecule has 106 valence electrons. The van der Waals surface area contributed by atoms with Crippen molar-refractivity contribution in [1.82, 2.24) is 4.57 Å². The Labute approximate surface area is 121 Å². The highest BCUT2D eigenvalue weighted by atomic mass is 28.3. The molecule has 0 fully saturated rings. The van der Waals surface area contributed by atoms with Gasteiger partial charge in [0.05, 0.1) is 26.4 Å². The van der Waals surface area contributed by atoms with Crippen molar-refractivity contribution in [3.63, 3.8) is 0 Å². The first kappa shape index (κ1) is 14.6. The summed E-state index contributed by atoms with van der Waals surface area (Å²) in [6.07, 6.45) is 0. The second-order valence-electron chi connectivity index (χ2n) is 5.96. The molecule has 2 rings (SSSR count). The quantitative estimate of drug-likeness (QED) is 0.642. The number of benzene rings is 1. The Hall–Kier alpha value is -1.81. The topological polar surface area (TPSA) is 31.2 Å². The van der Waals surface area contributed by atoms with Crippen molar-refractivity contribution in [2.75, 3.05) is 7.11 Å². The summed E-state index contributed by atoms with van der Waals surface area (Å²) in [6.45, 7) is 6.83. The van der Waals surface area contributed by atoms with E-state index >= 15 is 0 Å². The van der Waals surface area contributed by atoms with E-state index in [1.165, 1.54) is 12.4 Å². The van der Waals surface area contributed by atoms with Crippen molar-refractivity contribution in [2.24, 2.45) is 7.05 Å². The van der Waals surface area contributed by atoms with Gasteiger partial charge in [0.2, 0.25) is 0 Å². The maximum Gasteiger partial charge on any atom is 0.340 e. The van der Waals surface area contributed by atoms with Crippen LogP contribution in [0, 0.1) is 0 Å². The summed E-state index contributed by atoms with van der Waals surface area (Å²) in [5.74, 6) is -0.274. The van der Waals surface area contributed by atoms with Gasteiger partial charge < -0.3 is 9.30 Å². The van der Waals surface area contributed by atoms with E-state index in [2.05, 4.69) is 24.2 Å². The summed E-state index contributed by atoms with van der Waals surface area (Å²) in [7, 11) is 1.93. The van der Waals surface area contributed by atoms with Crippen molar-refractivity contribution in [1.29, 1.82) is 0 Å². The smallest absolute Gasteiger partial charge is 0.340 e. The molecule has 1 aromatic heterocycles. The zero-order chi connectivity index (χ0) is 14.9. The Morgan fingerprint density at radius 1 is 1.15 bits per heavy atom. The first-order valence-electron chi connectivity index (χ1n) is 6.70. The van der Waals surface area contributed by atoms with Crippen molar-refractivity contribution in [2.45, 2.75) is 19.6 Å². The summed E-state index contributed by atoms with van der Waals surface area (Å²) in [4.78, 5) is 12.1. The van der Waals surface area contributed by atoms with Crippen molar-refractivity contribution < 1.29 is 9.53 Å². The molecule has 3 nitrogen and oxygen atoms in total. The summed E-state index contributed by atoms with van der Waals surface area (Å²) in [6, 6.07) is 12.0. The lowest BCUT2D eigenvalue weighted by Crippen LogP contribution is -2.42. The lowest BCUT2D eigenvalue weighted by Gasteiger charge is -2.18. The largest absolute Gasteiger partial charge is 0.465 e. The van der Waals surface area contributed by atoms with E-state index in [0.717, 1.165) is 11.3 Å². The average Bonchev–Trinajstić information content (AvgIpc) is 2.76. The predicted molar refractivity (Wildman–Crippen MR) is 85.2 cm³/mol. The van der Waals surface area contributed by atoms with E-state index in [1.807, 2.05) is 43.4 Å². The first-order valence-corrected chi connectivity index (χ1v) is 10.2. The van der Waals surface area contributed by atoms with E-state index in [-0.39, 0.29) is 5.97 Å². The van der Waals surface area contributed by atoms with E-state index in [0.29, 0.717) is 5.56 Å². The predicted octanol–water partition coefficient (Wildman–Crippen LogP) is 3.02. The standard InChI is InChI=1S/C16H21NO2Si/c1-17-14(20(3,4)5)11-13(16(18)19-2)15(17)12-9-7-6-8-10-12/h6-11H,1-5H3. The number of aromatic nitrogens is 1. The third kappa shape index (κ3) is 2.56. The van der Waals surface area contributed by atoms with Gasteiger partial charge in [-0.05, 0) is 11.6 Å². The maximum absolute atomic E-state index is 12.1. The average molecular weight is 287 g/mol. The van der Waals surface area contributed by atoms with Crippen molar-refractivity contribution in [3.8, 4) is 11.3 Å². The molecule has 0 saturated carbocycles. The van der Waals surface area contributed by atoms with Gasteiger partial charge in [-0.25, -0.2) is 4.79 Å². The van der Waals surface area contributed by atoms with Crippen LogP contribution in [0.3, 0.4) is 0 Å². The highest BCUT2D eigenvalue weighted by Gasteiger charge is 2.27. The van der Waals surface area contributed by atoms with Crippen LogP contribution in [0.2, 0.25) is 19.6 Å². The molecular formula is C16H21NO2Si. The third-order valence-corrected chi connectivity index (χ3v) is 5.47. The van der Waals surface area contributed by atoms with Crippen molar-refractivity contribution in [3.05, 3.63) is 42.0 Å². The van der Waals surface area contributed by atoms with Crippen LogP contribution < -0.4 is 5.32 Å². The summed E-state index contributed by atoms with van der Waals surface area (Å²) >= 11 is 0. The lowest BCUT2D eigenvalue weighted by molar-refractivity contribution is 0.0601. The number of carbonyl (C=O) groups is 1. The van der Waals surface area contributed by atoms with Crippen LogP contribution in [0.15, 0.2) is 36.4 Å². The van der Waals surface area contributed by atoms with E-state index in [1.54, 1.807) is 0 Å². The van der Waals surface area contributed by atoms with Gasteiger partial charge in [-0.15, -0.1) is 0 Å². The third-order valence-electron chi connectivity index (χ3n) is 3.45. The molecule has 0 saturated heterocycles. The molecule has 0 spiro atoms. The maximum atomic E-state index is 12.1. The highest BCUT2D eigenvalue weighted by molar-refractivity contribution is 6.88. The molecule has 0 aliphatic carbocycles. The molecule has 0 unspecified atom stereocenters. The van der Waals surface area contributed by atoms with Gasteiger partial charge in [0.25, 0.3) is 0 Å². The lowest BCUT2D eigenvalue weighted by atomic mass is 10.1. The Balaban J connectivity index is 2.71. The summed E-state index contributed by atoms with van der Waals surface area (Å²) in [5, 5.41) is 1.25. The molecule has 2 aromatic rings. The Morgan fingerprint density at radius 2 is 1.75 bits per heavy atom. The van der Waals surface area contributed by atoms with Crippen LogP contribution >= 0.6 is 0 Å². The van der Waals surface area contributed by atoms with E-state index < -0.39 is 8.07 Å². The number of esters is 1. The second kappa shape index (κ2) is 5.29. The molecule has 0 radical (unpaired) electrons. The van der Waals surface area contributed by atoms with Gasteiger partial charge in [-0.2, -0.15) is 0 Å². The molecule has 4 heteroatoms. The van der Waals surface area contributed by atoms with Gasteiger partial charge in [-0.3, -0.25) is 0 Å². The first-order chi connectivity index (χ1) is 9.36. The van der Waals surface area contributed by atoms with Gasteiger partial charge in [0, 0.05) is 12.4 Å². The van der Waals surface area contributed by atoms with Gasteiger partial charge in [-0.1, -0.05) is 50.0 Å². The minimum Gasteiger partial charge on any atom is -0.465 e. The van der Waals surface area contributed by atoms with Gasteiger partial charge in [0.15, 0.2) is 0 Å². The summed E-state index contributed by atoms with van der Waals surface area (Å²) < 4.78 is 7.09. The van der Waals surface area contributed by atoms with Crippen molar-refractivity contribution >= 4 is 19.4 Å². The summed E-state index contributed by atoms with van der Waals surface area (Å²) in [5.41, 5.74) is 2.63. The number of methoxy groups -OCH3 is 1. The zero-order valence-corrected chi connectivity index (χ0v) is 13.7. The molecule has 0 amide bonds. The molecule has 0 bridgehead atoms. The Morgan fingerprint density at radius 3 is 2.25 bits per heavy atom. The fourth-order valence-corrected chi connectivity index (χ4v) is 4.23. The number of rotatable bonds is 3. The molecular weight excluding hydrogens is 266 g/mol. The molecule has 0 N–H and O–H groups in total. The minimum atomic E-state index is -1.52. The Bertz CT molecular complexity index is 624. The monoisotopic (exact) mass is 287 g/mol. The molecule has 0 aliphatic heterocycles. The minimum absolute atomic E-state index is 0.274. The van der Waals surface area contributed by atoms with Crippen LogP contribution in [0.4, 0.5) is 0 Å². The molecule has 20 heavy (non-hydrogen) atoms. The normalized spacial score (nSPS) is 11.4. The van der Waals surface area contributed by atoms with E-state index in [9.17, 15) is 4.79 Å². The number of ether oxygens (including phenoxy) is 1. The molecule has 0 atom stereocenters. The second-order valence-corrected chi connectivity index (χ2v) is 11.0. The van der Waals surface area contributed by atoms with Gasteiger partial charge >= 0.3 is 5.97 Å². The molecule has 1 aromatic carbocycles. The Kier molecular flexibility index (Phi) is 3.86. The van der Waals surface area contributed by atoms with E-state index in [4.69, 9.17) is 4.74 Å². The highest BCUT2D eigenvalue weighted by Crippen LogP contribution is 2.25. The number of hydrogen-bond donors (Lipinski definition) is 0. The zero-order valence-electron chi connectivity index (χ0n) is 12.7. The fourth-order valence-electron chi connectivity index (χ4n) is 2.53. The van der Waals surface area contributed by atoms with Crippen LogP contribution in [0.5, 0.6) is 0 Å². The molecule has 0 aliphatic rings. The number of carbonyl (C=O) groups excluding carboxylic acids is 1. The number of hydrogen-bond acceptors (Lipinski definition) is 2. The number of nitrogens with zero attached hydrogens (tertiary/aromatic N) is 1. The van der Waals surface area contributed by atoms with Gasteiger partial charge in [0.1, 0.15) is 0 Å².